The number of carbonyl (C=O) groups is 1. The number of hydrogen-bond acceptors (Lipinski definition) is 2. The fraction of sp³-hybridized carbons (Fsp3) is 0.308. The second-order valence-corrected chi connectivity index (χ2v) is 3.84. The van der Waals surface area contributed by atoms with E-state index in [4.69, 9.17) is 5.11 Å². The van der Waals surface area contributed by atoms with Gasteiger partial charge in [-0.1, -0.05) is 12.1 Å². The molecule has 1 aromatic heterocycles. The van der Waals surface area contributed by atoms with Gasteiger partial charge in [-0.2, -0.15) is 0 Å². The predicted molar refractivity (Wildman–Crippen MR) is 63.6 cm³/mol. The number of unbranched alkanes of at least 4 members (excludes halogenated alkanes) is 1. The van der Waals surface area contributed by atoms with Gasteiger partial charge in [-0.25, -0.2) is 0 Å². The van der Waals surface area contributed by atoms with Crippen molar-refractivity contribution in [2.75, 3.05) is 6.61 Å². The van der Waals surface area contributed by atoms with Crippen molar-refractivity contribution in [3.63, 3.8) is 0 Å². The first-order valence-corrected chi connectivity index (χ1v) is 5.50. The SMILES string of the molecule is O=Cc1cccc2ccn(CCCCO)c12. The lowest BCUT2D eigenvalue weighted by Crippen LogP contribution is -1.99. The molecule has 0 aliphatic carbocycles. The third-order valence-corrected chi connectivity index (χ3v) is 2.75. The Morgan fingerprint density at radius 3 is 2.88 bits per heavy atom. The number of fused-ring (bicyclic) bond motifs is 1. The quantitative estimate of drug-likeness (QED) is 0.616. The van der Waals surface area contributed by atoms with Crippen molar-refractivity contribution in [3.05, 3.63) is 36.0 Å². The number of aromatic nitrogens is 1. The van der Waals surface area contributed by atoms with Crippen LogP contribution in [-0.4, -0.2) is 22.6 Å². The summed E-state index contributed by atoms with van der Waals surface area (Å²) in [6.45, 7) is 1.06. The summed E-state index contributed by atoms with van der Waals surface area (Å²) in [5.74, 6) is 0. The molecule has 0 saturated heterocycles. The summed E-state index contributed by atoms with van der Waals surface area (Å²) in [5, 5.41) is 9.83. The van der Waals surface area contributed by atoms with E-state index in [9.17, 15) is 4.79 Å². The van der Waals surface area contributed by atoms with Gasteiger partial charge >= 0.3 is 0 Å². The summed E-state index contributed by atoms with van der Waals surface area (Å²) >= 11 is 0. The molecular formula is C13H15NO2. The van der Waals surface area contributed by atoms with Crippen LogP contribution in [0, 0.1) is 0 Å². The lowest BCUT2D eigenvalue weighted by atomic mass is 10.1. The molecule has 1 N–H and O–H groups in total. The molecule has 0 fully saturated rings. The molecule has 0 bridgehead atoms. The maximum atomic E-state index is 10.9. The Balaban J connectivity index is 2.34. The highest BCUT2D eigenvalue weighted by Gasteiger charge is 2.05. The number of para-hydroxylation sites is 1. The second kappa shape index (κ2) is 4.94. The first-order chi connectivity index (χ1) is 7.86. The number of aryl methyl sites for hydroxylation is 1. The Kier molecular flexibility index (Phi) is 3.37. The van der Waals surface area contributed by atoms with Gasteiger partial charge < -0.3 is 9.67 Å². The number of carbonyl (C=O) groups excluding carboxylic acids is 1. The van der Waals surface area contributed by atoms with Crippen LogP contribution in [0.1, 0.15) is 23.2 Å². The van der Waals surface area contributed by atoms with Gasteiger partial charge in [0, 0.05) is 30.3 Å². The van der Waals surface area contributed by atoms with Gasteiger partial charge in [-0.3, -0.25) is 4.79 Å². The van der Waals surface area contributed by atoms with Gasteiger partial charge in [0.25, 0.3) is 0 Å². The Bertz CT molecular complexity index is 488. The molecule has 84 valence electrons. The normalized spacial score (nSPS) is 10.8. The van der Waals surface area contributed by atoms with E-state index in [-0.39, 0.29) is 6.61 Å². The molecule has 0 unspecified atom stereocenters. The molecule has 1 heterocycles. The van der Waals surface area contributed by atoms with Crippen LogP contribution in [0.3, 0.4) is 0 Å². The van der Waals surface area contributed by atoms with Crippen LogP contribution in [0.2, 0.25) is 0 Å². The van der Waals surface area contributed by atoms with E-state index < -0.39 is 0 Å². The first-order valence-electron chi connectivity index (χ1n) is 5.50. The van der Waals surface area contributed by atoms with Crippen LogP contribution >= 0.6 is 0 Å². The van der Waals surface area contributed by atoms with Crippen LogP contribution in [0.15, 0.2) is 30.5 Å². The Hall–Kier alpha value is -1.61. The fourth-order valence-corrected chi connectivity index (χ4v) is 1.97. The summed E-state index contributed by atoms with van der Waals surface area (Å²) in [5.41, 5.74) is 1.72. The number of aliphatic hydroxyl groups is 1. The number of aliphatic hydroxyl groups excluding tert-OH is 1. The second-order valence-electron chi connectivity index (χ2n) is 3.84. The molecule has 16 heavy (non-hydrogen) atoms. The zero-order chi connectivity index (χ0) is 11.4. The van der Waals surface area contributed by atoms with E-state index in [0.29, 0.717) is 0 Å². The third-order valence-electron chi connectivity index (χ3n) is 2.75. The number of aldehydes is 1. The number of benzene rings is 1. The van der Waals surface area contributed by atoms with Crippen LogP contribution in [0.25, 0.3) is 10.9 Å². The zero-order valence-electron chi connectivity index (χ0n) is 9.10. The van der Waals surface area contributed by atoms with Crippen molar-refractivity contribution < 1.29 is 9.90 Å². The van der Waals surface area contributed by atoms with Crippen LogP contribution < -0.4 is 0 Å². The van der Waals surface area contributed by atoms with Crippen molar-refractivity contribution in [1.82, 2.24) is 4.57 Å². The van der Waals surface area contributed by atoms with E-state index in [1.54, 1.807) is 0 Å². The maximum Gasteiger partial charge on any atom is 0.152 e. The number of hydrogen-bond donors (Lipinski definition) is 1. The van der Waals surface area contributed by atoms with Gasteiger partial charge in [0.15, 0.2) is 6.29 Å². The van der Waals surface area contributed by atoms with E-state index in [1.807, 2.05) is 30.5 Å². The van der Waals surface area contributed by atoms with E-state index in [1.165, 1.54) is 0 Å². The van der Waals surface area contributed by atoms with Crippen molar-refractivity contribution in [1.29, 1.82) is 0 Å². The lowest BCUT2D eigenvalue weighted by Gasteiger charge is -2.06. The maximum absolute atomic E-state index is 10.9. The van der Waals surface area contributed by atoms with E-state index in [0.717, 1.165) is 42.1 Å². The Labute approximate surface area is 94.3 Å². The molecule has 1 aromatic carbocycles. The van der Waals surface area contributed by atoms with Crippen molar-refractivity contribution >= 4 is 17.2 Å². The smallest absolute Gasteiger partial charge is 0.152 e. The topological polar surface area (TPSA) is 42.2 Å². The summed E-state index contributed by atoms with van der Waals surface area (Å²) in [4.78, 5) is 10.9. The molecule has 0 saturated carbocycles. The molecule has 0 aliphatic heterocycles. The number of nitrogens with zero attached hydrogens (tertiary/aromatic N) is 1. The largest absolute Gasteiger partial charge is 0.396 e. The monoisotopic (exact) mass is 217 g/mol. The summed E-state index contributed by atoms with van der Waals surface area (Å²) in [7, 11) is 0. The number of rotatable bonds is 5. The molecule has 0 radical (unpaired) electrons. The molecule has 3 heteroatoms. The van der Waals surface area contributed by atoms with Crippen molar-refractivity contribution in [3.8, 4) is 0 Å². The molecule has 0 amide bonds. The van der Waals surface area contributed by atoms with E-state index >= 15 is 0 Å². The molecule has 3 nitrogen and oxygen atoms in total. The summed E-state index contributed by atoms with van der Waals surface area (Å²) in [6, 6.07) is 7.74. The van der Waals surface area contributed by atoms with Crippen LogP contribution in [0.5, 0.6) is 0 Å². The lowest BCUT2D eigenvalue weighted by molar-refractivity contribution is 0.112. The minimum Gasteiger partial charge on any atom is -0.396 e. The molecular weight excluding hydrogens is 202 g/mol. The average Bonchev–Trinajstić information content (AvgIpc) is 2.73. The van der Waals surface area contributed by atoms with Gasteiger partial charge in [-0.05, 0) is 25.0 Å². The van der Waals surface area contributed by atoms with Crippen molar-refractivity contribution in [2.24, 2.45) is 0 Å². The minimum absolute atomic E-state index is 0.222. The summed E-state index contributed by atoms with van der Waals surface area (Å²) < 4.78 is 2.08. The van der Waals surface area contributed by atoms with Crippen LogP contribution in [-0.2, 0) is 6.54 Å². The standard InChI is InChI=1S/C13H15NO2/c15-9-2-1-7-14-8-6-11-4-3-5-12(10-16)13(11)14/h3-6,8,10,15H,1-2,7,9H2. The average molecular weight is 217 g/mol. The van der Waals surface area contributed by atoms with Crippen LogP contribution in [0.4, 0.5) is 0 Å². The Morgan fingerprint density at radius 1 is 1.25 bits per heavy atom. The summed E-state index contributed by atoms with van der Waals surface area (Å²) in [6.07, 6.45) is 4.61. The molecule has 0 atom stereocenters. The highest BCUT2D eigenvalue weighted by Crippen LogP contribution is 2.19. The van der Waals surface area contributed by atoms with Crippen molar-refractivity contribution in [2.45, 2.75) is 19.4 Å². The van der Waals surface area contributed by atoms with Gasteiger partial charge in [0.1, 0.15) is 0 Å². The zero-order valence-corrected chi connectivity index (χ0v) is 9.10. The van der Waals surface area contributed by atoms with Gasteiger partial charge in [0.05, 0.1) is 5.52 Å². The van der Waals surface area contributed by atoms with Gasteiger partial charge in [0.2, 0.25) is 0 Å². The minimum atomic E-state index is 0.222. The molecule has 2 aromatic rings. The highest BCUT2D eigenvalue weighted by molar-refractivity contribution is 5.96. The molecule has 2 rings (SSSR count). The first kappa shape index (κ1) is 10.9. The highest BCUT2D eigenvalue weighted by atomic mass is 16.2. The fourth-order valence-electron chi connectivity index (χ4n) is 1.97. The third kappa shape index (κ3) is 1.99. The molecule has 0 spiro atoms. The Morgan fingerprint density at radius 2 is 2.12 bits per heavy atom. The van der Waals surface area contributed by atoms with E-state index in [2.05, 4.69) is 4.57 Å². The molecule has 0 aliphatic rings. The predicted octanol–water partition coefficient (Wildman–Crippen LogP) is 2.23. The van der Waals surface area contributed by atoms with Gasteiger partial charge in [-0.15, -0.1) is 0 Å².